The highest BCUT2D eigenvalue weighted by atomic mass is 32.2. The second kappa shape index (κ2) is 3.61. The summed E-state index contributed by atoms with van der Waals surface area (Å²) < 4.78 is 13.1. The number of carbonyl (C=O) groups is 1. The molecule has 1 aromatic rings. The normalized spacial score (nSPS) is 27.0. The molecule has 0 N–H and O–H groups in total. The van der Waals surface area contributed by atoms with Gasteiger partial charge in [0.2, 0.25) is 5.50 Å². The largest absolute Gasteiger partial charge is 0.326 e. The highest BCUT2D eigenvalue weighted by molar-refractivity contribution is 8.01. The van der Waals surface area contributed by atoms with E-state index in [0.717, 1.165) is 17.3 Å². The van der Waals surface area contributed by atoms with Crippen LogP contribution >= 0.6 is 11.8 Å². The minimum Gasteiger partial charge on any atom is -0.326 e. The van der Waals surface area contributed by atoms with Crippen LogP contribution in [0.2, 0.25) is 0 Å². The van der Waals surface area contributed by atoms with E-state index < -0.39 is 11.4 Å². The van der Waals surface area contributed by atoms with Crippen molar-refractivity contribution in [2.45, 2.75) is 10.9 Å². The van der Waals surface area contributed by atoms with Gasteiger partial charge in [0.05, 0.1) is 0 Å². The summed E-state index contributed by atoms with van der Waals surface area (Å²) in [6.45, 7) is 0. The number of thioether (sulfide) groups is 1. The Kier molecular flexibility index (Phi) is 2.46. The highest BCUT2D eigenvalue weighted by Crippen LogP contribution is 2.42. The number of hydrogen-bond donors (Lipinski definition) is 0. The van der Waals surface area contributed by atoms with Gasteiger partial charge >= 0.3 is 0 Å². The van der Waals surface area contributed by atoms with Gasteiger partial charge in [-0.25, -0.2) is 4.39 Å². The Labute approximate surface area is 86.1 Å². The molecule has 1 aliphatic rings. The molecule has 74 valence electrons. The number of hydrogen-bond acceptors (Lipinski definition) is 2. The summed E-state index contributed by atoms with van der Waals surface area (Å²) in [7, 11) is 1.63. The first kappa shape index (κ1) is 9.52. The standard InChI is InChI=1S/C10H10FNOS/c1-12-9(13)8(11)14-10(12)7-5-3-2-4-6-7/h2-6,8,10H,1H3/t8-,10+/m1/s1. The quantitative estimate of drug-likeness (QED) is 0.709. The zero-order chi connectivity index (χ0) is 10.1. The number of amides is 1. The van der Waals surface area contributed by atoms with E-state index in [-0.39, 0.29) is 5.37 Å². The van der Waals surface area contributed by atoms with Gasteiger partial charge in [-0.05, 0) is 5.56 Å². The molecule has 1 amide bonds. The summed E-state index contributed by atoms with van der Waals surface area (Å²) >= 11 is 1.04. The van der Waals surface area contributed by atoms with Crippen LogP contribution in [0.15, 0.2) is 30.3 Å². The molecule has 0 saturated carbocycles. The summed E-state index contributed by atoms with van der Waals surface area (Å²) in [6, 6.07) is 9.48. The molecule has 1 fully saturated rings. The summed E-state index contributed by atoms with van der Waals surface area (Å²) in [5, 5.41) is -0.182. The van der Waals surface area contributed by atoms with E-state index in [1.54, 1.807) is 7.05 Å². The lowest BCUT2D eigenvalue weighted by Gasteiger charge is -2.17. The molecule has 2 rings (SSSR count). The van der Waals surface area contributed by atoms with Crippen LogP contribution in [0, 0.1) is 0 Å². The van der Waals surface area contributed by atoms with Gasteiger partial charge in [0.15, 0.2) is 0 Å². The second-order valence-electron chi connectivity index (χ2n) is 3.16. The Morgan fingerprint density at radius 1 is 1.36 bits per heavy atom. The molecular weight excluding hydrogens is 201 g/mol. The van der Waals surface area contributed by atoms with Crippen LogP contribution in [0.5, 0.6) is 0 Å². The molecular formula is C10H10FNOS. The van der Waals surface area contributed by atoms with Gasteiger partial charge in [0.25, 0.3) is 5.91 Å². The zero-order valence-corrected chi connectivity index (χ0v) is 8.50. The third kappa shape index (κ3) is 1.50. The Morgan fingerprint density at radius 3 is 2.50 bits per heavy atom. The van der Waals surface area contributed by atoms with Crippen LogP contribution < -0.4 is 0 Å². The van der Waals surface area contributed by atoms with Crippen LogP contribution in [0.3, 0.4) is 0 Å². The van der Waals surface area contributed by atoms with Gasteiger partial charge in [-0.3, -0.25) is 4.79 Å². The lowest BCUT2D eigenvalue weighted by molar-refractivity contribution is -0.131. The summed E-state index contributed by atoms with van der Waals surface area (Å²) in [4.78, 5) is 12.7. The van der Waals surface area contributed by atoms with Crippen molar-refractivity contribution in [3.8, 4) is 0 Å². The maximum absolute atomic E-state index is 13.1. The fourth-order valence-corrected chi connectivity index (χ4v) is 2.57. The van der Waals surface area contributed by atoms with Gasteiger partial charge in [0.1, 0.15) is 5.37 Å². The van der Waals surface area contributed by atoms with E-state index in [4.69, 9.17) is 0 Å². The van der Waals surface area contributed by atoms with Gasteiger partial charge in [-0.1, -0.05) is 42.1 Å². The van der Waals surface area contributed by atoms with Gasteiger partial charge in [-0.15, -0.1) is 0 Å². The van der Waals surface area contributed by atoms with Crippen molar-refractivity contribution >= 4 is 17.7 Å². The molecule has 4 heteroatoms. The first-order valence-electron chi connectivity index (χ1n) is 4.31. The number of nitrogens with zero attached hydrogens (tertiary/aromatic N) is 1. The monoisotopic (exact) mass is 211 g/mol. The average molecular weight is 211 g/mol. The second-order valence-corrected chi connectivity index (χ2v) is 4.30. The topological polar surface area (TPSA) is 20.3 Å². The van der Waals surface area contributed by atoms with Gasteiger partial charge < -0.3 is 4.90 Å². The van der Waals surface area contributed by atoms with Crippen molar-refractivity contribution in [1.29, 1.82) is 0 Å². The SMILES string of the molecule is CN1C(=O)[C@H](F)S[C@H]1c1ccccc1. The van der Waals surface area contributed by atoms with E-state index in [0.29, 0.717) is 0 Å². The molecule has 0 aromatic heterocycles. The number of benzene rings is 1. The van der Waals surface area contributed by atoms with Crippen molar-refractivity contribution in [3.05, 3.63) is 35.9 Å². The van der Waals surface area contributed by atoms with Crippen LogP contribution in [0.1, 0.15) is 10.9 Å². The van der Waals surface area contributed by atoms with Crippen LogP contribution in [-0.4, -0.2) is 23.4 Å². The van der Waals surface area contributed by atoms with Crippen LogP contribution in [0.4, 0.5) is 4.39 Å². The molecule has 0 spiro atoms. The molecule has 0 unspecified atom stereocenters. The van der Waals surface area contributed by atoms with Crippen LogP contribution in [-0.2, 0) is 4.79 Å². The van der Waals surface area contributed by atoms with Gasteiger partial charge in [-0.2, -0.15) is 0 Å². The summed E-state index contributed by atoms with van der Waals surface area (Å²) in [5.74, 6) is -0.441. The predicted molar refractivity (Wildman–Crippen MR) is 54.4 cm³/mol. The van der Waals surface area contributed by atoms with Crippen molar-refractivity contribution in [2.75, 3.05) is 7.05 Å². The maximum atomic E-state index is 13.1. The summed E-state index contributed by atoms with van der Waals surface area (Å²) in [6.07, 6.45) is 0. The maximum Gasteiger partial charge on any atom is 0.268 e. The molecule has 14 heavy (non-hydrogen) atoms. The van der Waals surface area contributed by atoms with Crippen molar-refractivity contribution in [3.63, 3.8) is 0 Å². The molecule has 0 aliphatic carbocycles. The van der Waals surface area contributed by atoms with Crippen molar-refractivity contribution in [2.24, 2.45) is 0 Å². The molecule has 1 saturated heterocycles. The number of rotatable bonds is 1. The summed E-state index contributed by atoms with van der Waals surface area (Å²) in [5.41, 5.74) is -0.446. The molecule has 0 bridgehead atoms. The number of alkyl halides is 1. The lowest BCUT2D eigenvalue weighted by Crippen LogP contribution is -2.25. The van der Waals surface area contributed by atoms with E-state index >= 15 is 0 Å². The Hall–Kier alpha value is -1.03. The zero-order valence-electron chi connectivity index (χ0n) is 7.68. The molecule has 1 aromatic carbocycles. The van der Waals surface area contributed by atoms with Crippen molar-refractivity contribution in [1.82, 2.24) is 4.90 Å². The van der Waals surface area contributed by atoms with Gasteiger partial charge in [0, 0.05) is 7.05 Å². The van der Waals surface area contributed by atoms with E-state index in [9.17, 15) is 9.18 Å². The van der Waals surface area contributed by atoms with Crippen LogP contribution in [0.25, 0.3) is 0 Å². The van der Waals surface area contributed by atoms with E-state index in [1.807, 2.05) is 30.3 Å². The fourth-order valence-electron chi connectivity index (χ4n) is 1.46. The molecule has 0 radical (unpaired) electrons. The minimum atomic E-state index is -1.41. The molecule has 2 nitrogen and oxygen atoms in total. The molecule has 2 atom stereocenters. The Bertz CT molecular complexity index is 343. The average Bonchev–Trinajstić information content (AvgIpc) is 2.47. The van der Waals surface area contributed by atoms with Crippen molar-refractivity contribution < 1.29 is 9.18 Å². The third-order valence-electron chi connectivity index (χ3n) is 2.23. The highest BCUT2D eigenvalue weighted by Gasteiger charge is 2.38. The Balaban J connectivity index is 2.26. The first-order chi connectivity index (χ1) is 6.70. The first-order valence-corrected chi connectivity index (χ1v) is 5.25. The fraction of sp³-hybridized carbons (Fsp3) is 0.300. The lowest BCUT2D eigenvalue weighted by atomic mass is 10.2. The van der Waals surface area contributed by atoms with E-state index in [2.05, 4.69) is 0 Å². The minimum absolute atomic E-state index is 0.182. The van der Waals surface area contributed by atoms with E-state index in [1.165, 1.54) is 4.90 Å². The molecule has 1 heterocycles. The molecule has 1 aliphatic heterocycles. The third-order valence-corrected chi connectivity index (χ3v) is 3.51. The predicted octanol–water partition coefficient (Wildman–Crippen LogP) is 2.19. The number of carbonyl (C=O) groups excluding carboxylic acids is 1. The Morgan fingerprint density at radius 2 is 2.00 bits per heavy atom. The number of halogens is 1. The smallest absolute Gasteiger partial charge is 0.268 e.